The largest absolute Gasteiger partial charge is 0.351 e. The molecule has 1 aliphatic heterocycles. The number of aromatic nitrogens is 4. The molecule has 128 valence electrons. The van der Waals surface area contributed by atoms with Crippen LogP contribution in [0.1, 0.15) is 42.6 Å². The minimum absolute atomic E-state index is 0.0436. The summed E-state index contributed by atoms with van der Waals surface area (Å²) in [7, 11) is 1.94. The fourth-order valence-corrected chi connectivity index (χ4v) is 3.24. The minimum atomic E-state index is -0.0436. The zero-order valence-corrected chi connectivity index (χ0v) is 14.3. The number of rotatable bonds is 5. The van der Waals surface area contributed by atoms with Crippen molar-refractivity contribution in [3.05, 3.63) is 41.7 Å². The molecule has 3 heterocycles. The first-order chi connectivity index (χ1) is 11.6. The van der Waals surface area contributed by atoms with Crippen LogP contribution in [-0.2, 0) is 24.9 Å². The maximum Gasteiger partial charge on any atom is 0.217 e. The summed E-state index contributed by atoms with van der Waals surface area (Å²) in [5, 5.41) is 7.05. The van der Waals surface area contributed by atoms with E-state index in [9.17, 15) is 4.79 Å². The standard InChI is InChI=1S/C17H24N6O/c1-13(24)20-10-16-17(19-6-5-18-16)15-3-7-23(8-4-15)12-14-9-21-22(2)11-14/h5-6,9,11,15H,3-4,7-8,10,12H2,1-2H3,(H,20,24). The van der Waals surface area contributed by atoms with E-state index in [2.05, 4.69) is 31.5 Å². The molecule has 0 spiro atoms. The van der Waals surface area contributed by atoms with Crippen LogP contribution in [0.5, 0.6) is 0 Å². The van der Waals surface area contributed by atoms with Crippen molar-refractivity contribution < 1.29 is 4.79 Å². The van der Waals surface area contributed by atoms with E-state index < -0.39 is 0 Å². The van der Waals surface area contributed by atoms with Gasteiger partial charge in [-0.2, -0.15) is 5.10 Å². The van der Waals surface area contributed by atoms with Crippen LogP contribution in [0.2, 0.25) is 0 Å². The number of aryl methyl sites for hydroxylation is 1. The average molecular weight is 328 g/mol. The van der Waals surface area contributed by atoms with E-state index in [1.165, 1.54) is 12.5 Å². The first-order valence-corrected chi connectivity index (χ1v) is 8.36. The molecule has 0 aromatic carbocycles. The smallest absolute Gasteiger partial charge is 0.217 e. The fraction of sp³-hybridized carbons (Fsp3) is 0.529. The van der Waals surface area contributed by atoms with E-state index in [0.717, 1.165) is 43.9 Å². The van der Waals surface area contributed by atoms with Crippen LogP contribution in [0.15, 0.2) is 24.8 Å². The van der Waals surface area contributed by atoms with Crippen molar-refractivity contribution in [2.75, 3.05) is 13.1 Å². The Morgan fingerprint density at radius 2 is 2.04 bits per heavy atom. The molecular formula is C17H24N6O. The van der Waals surface area contributed by atoms with E-state index in [4.69, 9.17) is 0 Å². The second-order valence-electron chi connectivity index (χ2n) is 6.37. The number of hydrogen-bond donors (Lipinski definition) is 1. The summed E-state index contributed by atoms with van der Waals surface area (Å²) in [5.74, 6) is 0.366. The summed E-state index contributed by atoms with van der Waals surface area (Å²) in [6.45, 7) is 4.99. The van der Waals surface area contributed by atoms with Crippen molar-refractivity contribution in [3.8, 4) is 0 Å². The van der Waals surface area contributed by atoms with Crippen LogP contribution in [0, 0.1) is 0 Å². The van der Waals surface area contributed by atoms with Crippen molar-refractivity contribution in [2.45, 2.75) is 38.8 Å². The van der Waals surface area contributed by atoms with Crippen LogP contribution in [0.3, 0.4) is 0 Å². The molecule has 24 heavy (non-hydrogen) atoms. The molecule has 0 radical (unpaired) electrons. The lowest BCUT2D eigenvalue weighted by Crippen LogP contribution is -2.33. The van der Waals surface area contributed by atoms with Crippen LogP contribution in [-0.4, -0.2) is 43.6 Å². The molecule has 0 atom stereocenters. The van der Waals surface area contributed by atoms with Gasteiger partial charge in [0, 0.05) is 50.6 Å². The van der Waals surface area contributed by atoms with Crippen LogP contribution < -0.4 is 5.32 Å². The molecule has 0 unspecified atom stereocenters. The molecule has 7 nitrogen and oxygen atoms in total. The Bertz CT molecular complexity index is 690. The van der Waals surface area contributed by atoms with Gasteiger partial charge >= 0.3 is 0 Å². The third-order valence-electron chi connectivity index (χ3n) is 4.45. The lowest BCUT2D eigenvalue weighted by molar-refractivity contribution is -0.119. The highest BCUT2D eigenvalue weighted by atomic mass is 16.1. The van der Waals surface area contributed by atoms with Gasteiger partial charge in [-0.05, 0) is 25.9 Å². The van der Waals surface area contributed by atoms with E-state index >= 15 is 0 Å². The predicted molar refractivity (Wildman–Crippen MR) is 90.0 cm³/mol. The van der Waals surface area contributed by atoms with Crippen LogP contribution in [0.25, 0.3) is 0 Å². The topological polar surface area (TPSA) is 75.9 Å². The van der Waals surface area contributed by atoms with Gasteiger partial charge < -0.3 is 5.32 Å². The highest BCUT2D eigenvalue weighted by Gasteiger charge is 2.24. The quantitative estimate of drug-likeness (QED) is 0.893. The fourth-order valence-electron chi connectivity index (χ4n) is 3.24. The third kappa shape index (κ3) is 4.17. The Kier molecular flexibility index (Phi) is 5.20. The highest BCUT2D eigenvalue weighted by Crippen LogP contribution is 2.28. The van der Waals surface area contributed by atoms with Crippen molar-refractivity contribution in [2.24, 2.45) is 7.05 Å². The second kappa shape index (κ2) is 7.53. The molecule has 0 aliphatic carbocycles. The number of nitrogens with one attached hydrogen (secondary N) is 1. The molecular weight excluding hydrogens is 304 g/mol. The summed E-state index contributed by atoms with van der Waals surface area (Å²) in [6.07, 6.45) is 9.56. The highest BCUT2D eigenvalue weighted by molar-refractivity contribution is 5.72. The monoisotopic (exact) mass is 328 g/mol. The molecule has 3 rings (SSSR count). The van der Waals surface area contributed by atoms with Gasteiger partial charge in [0.15, 0.2) is 0 Å². The SMILES string of the molecule is CC(=O)NCc1nccnc1C1CCN(Cc2cnn(C)c2)CC1. The molecule has 1 saturated heterocycles. The van der Waals surface area contributed by atoms with E-state index in [1.807, 2.05) is 17.9 Å². The van der Waals surface area contributed by atoms with Gasteiger partial charge in [-0.1, -0.05) is 0 Å². The van der Waals surface area contributed by atoms with E-state index in [0.29, 0.717) is 12.5 Å². The van der Waals surface area contributed by atoms with Crippen LogP contribution in [0.4, 0.5) is 0 Å². The number of carbonyl (C=O) groups excluding carboxylic acids is 1. The summed E-state index contributed by atoms with van der Waals surface area (Å²) < 4.78 is 1.84. The summed E-state index contributed by atoms with van der Waals surface area (Å²) in [5.41, 5.74) is 3.17. The number of piperidine rings is 1. The van der Waals surface area contributed by atoms with Gasteiger partial charge in [-0.3, -0.25) is 24.3 Å². The normalized spacial score (nSPS) is 16.2. The number of likely N-dealkylation sites (tertiary alicyclic amines) is 1. The Labute approximate surface area is 142 Å². The molecule has 1 N–H and O–H groups in total. The van der Waals surface area contributed by atoms with Crippen LogP contribution >= 0.6 is 0 Å². The predicted octanol–water partition coefficient (Wildman–Crippen LogP) is 1.23. The Hall–Kier alpha value is -2.28. The molecule has 1 fully saturated rings. The number of carbonyl (C=O) groups is 1. The first-order valence-electron chi connectivity index (χ1n) is 8.36. The molecule has 1 aliphatic rings. The molecule has 0 bridgehead atoms. The third-order valence-corrected chi connectivity index (χ3v) is 4.45. The molecule has 2 aromatic heterocycles. The zero-order chi connectivity index (χ0) is 16.9. The first kappa shape index (κ1) is 16.6. The maximum absolute atomic E-state index is 11.2. The summed E-state index contributed by atoms with van der Waals surface area (Å²) in [4.78, 5) is 22.6. The molecule has 0 saturated carbocycles. The van der Waals surface area contributed by atoms with E-state index in [1.54, 1.807) is 12.4 Å². The second-order valence-corrected chi connectivity index (χ2v) is 6.37. The lowest BCUT2D eigenvalue weighted by atomic mass is 9.91. The van der Waals surface area contributed by atoms with Gasteiger partial charge in [-0.25, -0.2) is 0 Å². The van der Waals surface area contributed by atoms with Crippen molar-refractivity contribution in [1.29, 1.82) is 0 Å². The summed E-state index contributed by atoms with van der Waals surface area (Å²) in [6, 6.07) is 0. The van der Waals surface area contributed by atoms with Crippen molar-refractivity contribution in [1.82, 2.24) is 30.0 Å². The van der Waals surface area contributed by atoms with Gasteiger partial charge in [0.1, 0.15) is 0 Å². The molecule has 1 amide bonds. The minimum Gasteiger partial charge on any atom is -0.351 e. The molecule has 7 heteroatoms. The van der Waals surface area contributed by atoms with Gasteiger partial charge in [-0.15, -0.1) is 0 Å². The number of amides is 1. The van der Waals surface area contributed by atoms with Gasteiger partial charge in [0.25, 0.3) is 0 Å². The number of nitrogens with zero attached hydrogens (tertiary/aromatic N) is 5. The van der Waals surface area contributed by atoms with E-state index in [-0.39, 0.29) is 5.91 Å². The lowest BCUT2D eigenvalue weighted by Gasteiger charge is -2.31. The summed E-state index contributed by atoms with van der Waals surface area (Å²) >= 11 is 0. The van der Waals surface area contributed by atoms with Gasteiger partial charge in [0.05, 0.1) is 24.1 Å². The average Bonchev–Trinajstić information content (AvgIpc) is 2.99. The van der Waals surface area contributed by atoms with Crippen molar-refractivity contribution >= 4 is 5.91 Å². The number of hydrogen-bond acceptors (Lipinski definition) is 5. The van der Waals surface area contributed by atoms with Crippen molar-refractivity contribution in [3.63, 3.8) is 0 Å². The molecule has 2 aromatic rings. The van der Waals surface area contributed by atoms with Gasteiger partial charge in [0.2, 0.25) is 5.91 Å². The Morgan fingerprint density at radius 1 is 1.29 bits per heavy atom. The Morgan fingerprint density at radius 3 is 2.71 bits per heavy atom. The maximum atomic E-state index is 11.2. The Balaban J connectivity index is 1.59. The zero-order valence-electron chi connectivity index (χ0n) is 14.3.